The first-order chi connectivity index (χ1) is 13.3. The highest BCUT2D eigenvalue weighted by molar-refractivity contribution is 6.23. The molecule has 0 saturated carbocycles. The first-order valence-corrected chi connectivity index (χ1v) is 8.77. The van der Waals surface area contributed by atoms with Gasteiger partial charge in [-0.3, -0.25) is 14.4 Å². The molecule has 0 radical (unpaired) electrons. The Kier molecular flexibility index (Phi) is 3.72. The lowest BCUT2D eigenvalue weighted by molar-refractivity contribution is -0.150. The number of imide groups is 1. The van der Waals surface area contributed by atoms with E-state index in [0.717, 1.165) is 12.1 Å². The molecule has 2 unspecified atom stereocenters. The third kappa shape index (κ3) is 2.37. The van der Waals surface area contributed by atoms with E-state index in [0.29, 0.717) is 11.0 Å². The van der Waals surface area contributed by atoms with Crippen LogP contribution in [0.15, 0.2) is 18.2 Å². The first-order valence-electron chi connectivity index (χ1n) is 8.77. The minimum absolute atomic E-state index is 0.0219. The summed E-state index contributed by atoms with van der Waals surface area (Å²) in [5, 5.41) is 18.4. The van der Waals surface area contributed by atoms with Crippen molar-refractivity contribution in [3.8, 4) is 6.07 Å². The number of nitriles is 1. The largest absolute Gasteiger partial charge is 0.481 e. The standard InChI is InChI=1S/C19H15F3N2O5/c1-17-6-11(16(27)28)18(2,29-17)13-12(17)14(25)24(15(13)26)9-4-3-8(7-23)10(5-9)19(20,21)22/h3-5,11-13H,6H2,1-2H3,(H,27,28)/t11-,12+,13-,17?,18?/m1/s1. The highest BCUT2D eigenvalue weighted by atomic mass is 19.4. The van der Waals surface area contributed by atoms with E-state index >= 15 is 0 Å². The van der Waals surface area contributed by atoms with Gasteiger partial charge in [0.25, 0.3) is 0 Å². The smallest absolute Gasteiger partial charge is 0.417 e. The lowest BCUT2D eigenvalue weighted by atomic mass is 9.64. The van der Waals surface area contributed by atoms with Crippen molar-refractivity contribution in [2.24, 2.45) is 17.8 Å². The number of rotatable bonds is 2. The molecule has 2 amide bonds. The predicted octanol–water partition coefficient (Wildman–Crippen LogP) is 2.33. The summed E-state index contributed by atoms with van der Waals surface area (Å²) in [6.07, 6.45) is -4.83. The molecule has 1 N–H and O–H groups in total. The molecule has 10 heteroatoms. The first kappa shape index (κ1) is 19.4. The van der Waals surface area contributed by atoms with Crippen molar-refractivity contribution in [2.75, 3.05) is 4.90 Å². The third-order valence-electron chi connectivity index (χ3n) is 6.32. The minimum Gasteiger partial charge on any atom is -0.481 e. The number of nitrogens with zero attached hydrogens (tertiary/aromatic N) is 2. The SMILES string of the molecule is CC12C[C@H](C(=O)O)C(C)(O1)[C@H]1C(=O)N(c3ccc(C#N)c(C(F)(F)F)c3)C(=O)[C@H]12. The molecular weight excluding hydrogens is 393 g/mol. The number of benzene rings is 1. The Hall–Kier alpha value is -2.93. The molecule has 3 fully saturated rings. The molecule has 5 atom stereocenters. The second kappa shape index (κ2) is 5.57. The molecule has 3 aliphatic rings. The summed E-state index contributed by atoms with van der Waals surface area (Å²) in [4.78, 5) is 38.5. The number of hydrogen-bond donors (Lipinski definition) is 1. The molecule has 0 aliphatic carbocycles. The average molecular weight is 408 g/mol. The van der Waals surface area contributed by atoms with Crippen LogP contribution in [0.3, 0.4) is 0 Å². The van der Waals surface area contributed by atoms with Crippen LogP contribution in [0.1, 0.15) is 31.4 Å². The van der Waals surface area contributed by atoms with Crippen LogP contribution in [0.4, 0.5) is 18.9 Å². The van der Waals surface area contributed by atoms with Crippen molar-refractivity contribution < 1.29 is 37.4 Å². The maximum Gasteiger partial charge on any atom is 0.417 e. The molecule has 2 bridgehead atoms. The molecule has 29 heavy (non-hydrogen) atoms. The summed E-state index contributed by atoms with van der Waals surface area (Å²) in [5.41, 5.74) is -4.83. The number of carboxylic acid groups (broad SMARTS) is 1. The number of fused-ring (bicyclic) bond motifs is 5. The van der Waals surface area contributed by atoms with Gasteiger partial charge in [-0.05, 0) is 38.5 Å². The van der Waals surface area contributed by atoms with Crippen molar-refractivity contribution in [3.63, 3.8) is 0 Å². The molecule has 3 heterocycles. The molecule has 7 nitrogen and oxygen atoms in total. The number of hydrogen-bond acceptors (Lipinski definition) is 5. The normalized spacial score (nSPS) is 35.7. The van der Waals surface area contributed by atoms with E-state index in [-0.39, 0.29) is 12.1 Å². The van der Waals surface area contributed by atoms with E-state index in [9.17, 15) is 32.7 Å². The molecule has 1 aromatic carbocycles. The summed E-state index contributed by atoms with van der Waals surface area (Å²) in [5.74, 6) is -5.80. The van der Waals surface area contributed by atoms with Gasteiger partial charge in [0.1, 0.15) is 0 Å². The molecule has 0 aromatic heterocycles. The van der Waals surface area contributed by atoms with Gasteiger partial charge in [0.15, 0.2) is 0 Å². The van der Waals surface area contributed by atoms with Crippen LogP contribution in [-0.2, 0) is 25.3 Å². The summed E-state index contributed by atoms with van der Waals surface area (Å²) in [6.45, 7) is 3.00. The van der Waals surface area contributed by atoms with E-state index in [1.165, 1.54) is 13.0 Å². The van der Waals surface area contributed by atoms with Gasteiger partial charge in [-0.15, -0.1) is 0 Å². The van der Waals surface area contributed by atoms with Crippen LogP contribution < -0.4 is 4.90 Å². The predicted molar refractivity (Wildman–Crippen MR) is 89.3 cm³/mol. The van der Waals surface area contributed by atoms with Gasteiger partial charge in [0.2, 0.25) is 11.8 Å². The van der Waals surface area contributed by atoms with Gasteiger partial charge in [-0.2, -0.15) is 18.4 Å². The van der Waals surface area contributed by atoms with Gasteiger partial charge in [0.05, 0.1) is 51.8 Å². The fourth-order valence-electron chi connectivity index (χ4n) is 5.15. The van der Waals surface area contributed by atoms with Crippen molar-refractivity contribution in [2.45, 2.75) is 37.6 Å². The molecule has 0 spiro atoms. The third-order valence-corrected chi connectivity index (χ3v) is 6.32. The van der Waals surface area contributed by atoms with Crippen LogP contribution in [0.2, 0.25) is 0 Å². The Morgan fingerprint density at radius 3 is 2.45 bits per heavy atom. The summed E-state index contributed by atoms with van der Waals surface area (Å²) in [7, 11) is 0. The summed E-state index contributed by atoms with van der Waals surface area (Å²) < 4.78 is 45.8. The number of halogens is 3. The van der Waals surface area contributed by atoms with Gasteiger partial charge >= 0.3 is 12.1 Å². The Morgan fingerprint density at radius 2 is 1.90 bits per heavy atom. The van der Waals surface area contributed by atoms with Gasteiger partial charge in [-0.25, -0.2) is 4.90 Å². The molecular formula is C19H15F3N2O5. The van der Waals surface area contributed by atoms with E-state index in [1.807, 2.05) is 0 Å². The lowest BCUT2D eigenvalue weighted by Gasteiger charge is -2.32. The maximum atomic E-state index is 13.3. The molecule has 3 saturated heterocycles. The number of carboxylic acids is 1. The zero-order valence-corrected chi connectivity index (χ0v) is 15.3. The van der Waals surface area contributed by atoms with Gasteiger partial charge in [0, 0.05) is 0 Å². The van der Waals surface area contributed by atoms with Crippen LogP contribution in [-0.4, -0.2) is 34.1 Å². The maximum absolute atomic E-state index is 13.3. The zero-order chi connectivity index (χ0) is 21.5. The molecule has 4 rings (SSSR count). The minimum atomic E-state index is -4.85. The Morgan fingerprint density at radius 1 is 1.28 bits per heavy atom. The van der Waals surface area contributed by atoms with E-state index in [2.05, 4.69) is 0 Å². The van der Waals surface area contributed by atoms with Gasteiger partial charge < -0.3 is 9.84 Å². The number of carbonyl (C=O) groups is 3. The van der Waals surface area contributed by atoms with Crippen molar-refractivity contribution in [1.29, 1.82) is 5.26 Å². The topological polar surface area (TPSA) is 108 Å². The Bertz CT molecular complexity index is 1020. The fourth-order valence-corrected chi connectivity index (χ4v) is 5.15. The van der Waals surface area contributed by atoms with E-state index in [4.69, 9.17) is 10.00 Å². The second-order valence-electron chi connectivity index (χ2n) is 8.00. The number of aliphatic carboxylic acids is 1. The number of amides is 2. The average Bonchev–Trinajstić information content (AvgIpc) is 3.15. The quantitative estimate of drug-likeness (QED) is 0.753. The second-order valence-corrected chi connectivity index (χ2v) is 8.00. The van der Waals surface area contributed by atoms with Crippen LogP contribution >= 0.6 is 0 Å². The summed E-state index contributed by atoms with van der Waals surface area (Å²) >= 11 is 0. The highest BCUT2D eigenvalue weighted by Crippen LogP contribution is 2.63. The highest BCUT2D eigenvalue weighted by Gasteiger charge is 2.77. The van der Waals surface area contributed by atoms with Crippen LogP contribution in [0.25, 0.3) is 0 Å². The number of ether oxygens (including phenoxy) is 1. The fraction of sp³-hybridized carbons (Fsp3) is 0.474. The number of alkyl halides is 3. The molecule has 1 aromatic rings. The van der Waals surface area contributed by atoms with E-state index < -0.39 is 64.0 Å². The van der Waals surface area contributed by atoms with Crippen LogP contribution in [0.5, 0.6) is 0 Å². The van der Waals surface area contributed by atoms with Crippen molar-refractivity contribution in [1.82, 2.24) is 0 Å². The van der Waals surface area contributed by atoms with Crippen molar-refractivity contribution >= 4 is 23.5 Å². The monoisotopic (exact) mass is 408 g/mol. The van der Waals surface area contributed by atoms with E-state index in [1.54, 1.807) is 6.92 Å². The summed E-state index contributed by atoms with van der Waals surface area (Å²) in [6, 6.07) is 4.05. The van der Waals surface area contributed by atoms with Gasteiger partial charge in [-0.1, -0.05) is 0 Å². The van der Waals surface area contributed by atoms with Crippen molar-refractivity contribution in [3.05, 3.63) is 29.3 Å². The van der Waals surface area contributed by atoms with Crippen LogP contribution in [0, 0.1) is 29.1 Å². The number of anilines is 1. The zero-order valence-electron chi connectivity index (χ0n) is 15.3. The Balaban J connectivity index is 1.81. The molecule has 152 valence electrons. The lowest BCUT2D eigenvalue weighted by Crippen LogP contribution is -2.48. The molecule has 3 aliphatic heterocycles. The number of carbonyl (C=O) groups excluding carboxylic acids is 2. The Labute approximate surface area is 162 Å².